The van der Waals surface area contributed by atoms with Gasteiger partial charge in [0.05, 0.1) is 12.7 Å². The molecule has 1 aromatic rings. The molecule has 11 heteroatoms. The van der Waals surface area contributed by atoms with E-state index in [2.05, 4.69) is 0 Å². The van der Waals surface area contributed by atoms with Gasteiger partial charge in [-0.2, -0.15) is 13.2 Å². The topological polar surface area (TPSA) is 86.2 Å². The lowest BCUT2D eigenvalue weighted by Crippen LogP contribution is -2.69. The van der Waals surface area contributed by atoms with Gasteiger partial charge in [0.1, 0.15) is 18.2 Å². The summed E-state index contributed by atoms with van der Waals surface area (Å²) >= 11 is 0. The van der Waals surface area contributed by atoms with Crippen LogP contribution in [-0.4, -0.2) is 62.8 Å². The third-order valence-corrected chi connectivity index (χ3v) is 10.7. The highest BCUT2D eigenvalue weighted by atomic mass is 28.4. The van der Waals surface area contributed by atoms with Crippen molar-refractivity contribution in [2.75, 3.05) is 6.61 Å². The Morgan fingerprint density at radius 1 is 1.16 bits per heavy atom. The van der Waals surface area contributed by atoms with Crippen molar-refractivity contribution in [2.45, 2.75) is 82.0 Å². The number of benzene rings is 1. The van der Waals surface area contributed by atoms with E-state index in [1.54, 1.807) is 12.1 Å². The Balaban J connectivity index is 1.93. The van der Waals surface area contributed by atoms with Gasteiger partial charge in [-0.25, -0.2) is 0 Å². The van der Waals surface area contributed by atoms with Crippen LogP contribution in [0.3, 0.4) is 0 Å². The van der Waals surface area contributed by atoms with Crippen molar-refractivity contribution in [3.63, 3.8) is 0 Å². The largest absolute Gasteiger partial charge is 0.471 e. The molecule has 0 spiro atoms. The number of alkyl halides is 3. The molecule has 2 N–H and O–H groups in total. The first-order chi connectivity index (χ1) is 14.7. The fourth-order valence-electron chi connectivity index (χ4n) is 3.41. The molecular weight excluding hydrogens is 447 g/mol. The van der Waals surface area contributed by atoms with Crippen LogP contribution in [0.25, 0.3) is 0 Å². The maximum atomic E-state index is 13.0. The zero-order valence-electron chi connectivity index (χ0n) is 18.7. The second-order valence-electron chi connectivity index (χ2n) is 9.58. The van der Waals surface area contributed by atoms with Crippen LogP contribution in [0.4, 0.5) is 13.2 Å². The predicted octanol–water partition coefficient (Wildman–Crippen LogP) is 3.26. The number of carbonyl (C=O) groups excluding carboxylic acids is 1. The molecular formula is C21H30F3NO6Si. The van der Waals surface area contributed by atoms with E-state index in [9.17, 15) is 23.1 Å². The van der Waals surface area contributed by atoms with E-state index in [-0.39, 0.29) is 11.6 Å². The third-order valence-electron chi connectivity index (χ3n) is 6.22. The van der Waals surface area contributed by atoms with Gasteiger partial charge in [0, 0.05) is 5.56 Å². The second-order valence-corrected chi connectivity index (χ2v) is 14.3. The number of aliphatic hydroxyl groups excluding tert-OH is 1. The van der Waals surface area contributed by atoms with E-state index in [0.717, 1.165) is 5.56 Å². The third kappa shape index (κ3) is 5.34. The quantitative estimate of drug-likeness (QED) is 0.648. The molecule has 2 aliphatic heterocycles. The van der Waals surface area contributed by atoms with Gasteiger partial charge in [0.2, 0.25) is 0 Å². The SMILES string of the molecule is CC(C)(C)[Si](C)(C)O[C@@H]1[C@@H]2OC(c3ccccc3)OC[C@H]2OC(O)[C@H]1NC(=O)C(F)(F)F. The molecule has 2 unspecified atom stereocenters. The first-order valence-corrected chi connectivity index (χ1v) is 13.3. The summed E-state index contributed by atoms with van der Waals surface area (Å²) in [5.41, 5.74) is 0.721. The van der Waals surface area contributed by atoms with Gasteiger partial charge in [-0.15, -0.1) is 0 Å². The van der Waals surface area contributed by atoms with E-state index >= 15 is 0 Å². The molecule has 2 heterocycles. The van der Waals surface area contributed by atoms with Gasteiger partial charge < -0.3 is 29.1 Å². The minimum atomic E-state index is -5.12. The summed E-state index contributed by atoms with van der Waals surface area (Å²) in [6.07, 6.45) is -10.4. The summed E-state index contributed by atoms with van der Waals surface area (Å²) in [5, 5.41) is 12.1. The molecule has 1 aromatic carbocycles. The minimum absolute atomic E-state index is 0.0403. The molecule has 1 amide bonds. The van der Waals surface area contributed by atoms with Crippen molar-refractivity contribution >= 4 is 14.2 Å². The maximum Gasteiger partial charge on any atom is 0.471 e. The molecule has 0 radical (unpaired) electrons. The summed E-state index contributed by atoms with van der Waals surface area (Å²) in [6, 6.07) is 7.58. The molecule has 0 saturated carbocycles. The van der Waals surface area contributed by atoms with Crippen LogP contribution in [0, 0.1) is 0 Å². The van der Waals surface area contributed by atoms with Crippen LogP contribution in [0.5, 0.6) is 0 Å². The summed E-state index contributed by atoms with van der Waals surface area (Å²) < 4.78 is 62.7. The summed E-state index contributed by atoms with van der Waals surface area (Å²) in [4.78, 5) is 11.7. The molecule has 0 bridgehead atoms. The number of halogens is 3. The van der Waals surface area contributed by atoms with Crippen LogP contribution >= 0.6 is 0 Å². The van der Waals surface area contributed by atoms with Crippen molar-refractivity contribution in [3.8, 4) is 0 Å². The number of ether oxygens (including phenoxy) is 3. The highest BCUT2D eigenvalue weighted by molar-refractivity contribution is 6.74. The zero-order chi connectivity index (χ0) is 23.9. The Labute approximate surface area is 186 Å². The lowest BCUT2D eigenvalue weighted by Gasteiger charge is -2.51. The molecule has 0 aliphatic carbocycles. The maximum absolute atomic E-state index is 13.0. The van der Waals surface area contributed by atoms with Crippen molar-refractivity contribution < 1.29 is 41.7 Å². The molecule has 0 aromatic heterocycles. The predicted molar refractivity (Wildman–Crippen MR) is 111 cm³/mol. The first-order valence-electron chi connectivity index (χ1n) is 10.4. The molecule has 32 heavy (non-hydrogen) atoms. The van der Waals surface area contributed by atoms with Gasteiger partial charge in [-0.05, 0) is 18.1 Å². The second kappa shape index (κ2) is 9.03. The number of aliphatic hydroxyl groups is 1. The zero-order valence-corrected chi connectivity index (χ0v) is 19.7. The number of rotatable bonds is 4. The van der Waals surface area contributed by atoms with Gasteiger partial charge in [0.15, 0.2) is 20.9 Å². The van der Waals surface area contributed by atoms with Crippen LogP contribution in [0.2, 0.25) is 18.1 Å². The molecule has 6 atom stereocenters. The van der Waals surface area contributed by atoms with E-state index in [0.29, 0.717) is 0 Å². The average Bonchev–Trinajstić information content (AvgIpc) is 2.69. The van der Waals surface area contributed by atoms with E-state index in [1.807, 2.05) is 57.4 Å². The highest BCUT2D eigenvalue weighted by Gasteiger charge is 2.55. The van der Waals surface area contributed by atoms with Gasteiger partial charge in [0.25, 0.3) is 0 Å². The number of amides is 1. The Bertz CT molecular complexity index is 801. The van der Waals surface area contributed by atoms with E-state index in [4.69, 9.17) is 18.6 Å². The number of hydrogen-bond donors (Lipinski definition) is 2. The summed E-state index contributed by atoms with van der Waals surface area (Å²) in [7, 11) is -2.56. The molecule has 3 rings (SSSR count). The number of carbonyl (C=O) groups is 1. The fraction of sp³-hybridized carbons (Fsp3) is 0.667. The lowest BCUT2D eigenvalue weighted by atomic mass is 9.95. The van der Waals surface area contributed by atoms with Crippen LogP contribution in [-0.2, 0) is 23.4 Å². The van der Waals surface area contributed by atoms with Crippen molar-refractivity contribution in [1.82, 2.24) is 5.32 Å². The Kier molecular flexibility index (Phi) is 7.09. The van der Waals surface area contributed by atoms with Gasteiger partial charge in [-0.1, -0.05) is 51.1 Å². The summed E-state index contributed by atoms with van der Waals surface area (Å²) in [6.45, 7) is 9.84. The van der Waals surface area contributed by atoms with E-state index in [1.165, 1.54) is 0 Å². The fourth-order valence-corrected chi connectivity index (χ4v) is 4.73. The normalized spacial score (nSPS) is 31.7. The number of hydrogen-bond acceptors (Lipinski definition) is 6. The minimum Gasteiger partial charge on any atom is -0.409 e. The average molecular weight is 478 g/mol. The van der Waals surface area contributed by atoms with Gasteiger partial charge >= 0.3 is 12.1 Å². The summed E-state index contributed by atoms with van der Waals surface area (Å²) in [5.74, 6) is -2.18. The van der Waals surface area contributed by atoms with Crippen molar-refractivity contribution in [1.29, 1.82) is 0 Å². The van der Waals surface area contributed by atoms with E-state index < -0.39 is 57.3 Å². The first kappa shape index (κ1) is 25.1. The molecule has 2 fully saturated rings. The van der Waals surface area contributed by atoms with Crippen LogP contribution in [0.15, 0.2) is 30.3 Å². The van der Waals surface area contributed by atoms with Crippen molar-refractivity contribution in [3.05, 3.63) is 35.9 Å². The standard InChI is InChI=1S/C21H30F3NO6Si/c1-20(2,3)32(4,5)31-16-14(25-19(27)21(22,23)24)17(26)29-13-11-28-18(30-15(13)16)12-9-7-6-8-10-12/h6-10,13-18,26H,11H2,1-5H3,(H,25,27)/t13-,14+,15-,16+,17?,18?/m1/s1. The molecule has 180 valence electrons. The molecule has 7 nitrogen and oxygen atoms in total. The Morgan fingerprint density at radius 2 is 1.78 bits per heavy atom. The van der Waals surface area contributed by atoms with Crippen molar-refractivity contribution in [2.24, 2.45) is 0 Å². The highest BCUT2D eigenvalue weighted by Crippen LogP contribution is 2.41. The monoisotopic (exact) mass is 477 g/mol. The smallest absolute Gasteiger partial charge is 0.409 e. The van der Waals surface area contributed by atoms with Crippen LogP contribution < -0.4 is 5.32 Å². The number of nitrogens with one attached hydrogen (secondary N) is 1. The molecule has 2 aliphatic rings. The lowest BCUT2D eigenvalue weighted by molar-refractivity contribution is -0.336. The Hall–Kier alpha value is -1.50. The number of fused-ring (bicyclic) bond motifs is 1. The molecule has 2 saturated heterocycles. The van der Waals surface area contributed by atoms with Crippen LogP contribution in [0.1, 0.15) is 32.6 Å². The Morgan fingerprint density at radius 3 is 2.34 bits per heavy atom. The van der Waals surface area contributed by atoms with Gasteiger partial charge in [-0.3, -0.25) is 4.79 Å².